The minimum Gasteiger partial charge on any atom is -0.408 e. The van der Waals surface area contributed by atoms with Gasteiger partial charge in [-0.25, -0.2) is 13.2 Å². The summed E-state index contributed by atoms with van der Waals surface area (Å²) >= 11 is 0. The lowest BCUT2D eigenvalue weighted by Gasteiger charge is -2.34. The van der Waals surface area contributed by atoms with Crippen LogP contribution in [0.25, 0.3) is 11.1 Å². The molecular weight excluding hydrogens is 306 g/mol. The number of oxazole rings is 1. The second-order valence-electron chi connectivity index (χ2n) is 5.85. The van der Waals surface area contributed by atoms with Gasteiger partial charge in [-0.2, -0.15) is 4.31 Å². The van der Waals surface area contributed by atoms with Crippen molar-refractivity contribution in [2.45, 2.75) is 24.3 Å². The van der Waals surface area contributed by atoms with Crippen molar-refractivity contribution in [3.8, 4) is 0 Å². The predicted octanol–water partition coefficient (Wildman–Crippen LogP) is 0.489. The number of sulfonamides is 1. The Kier molecular flexibility index (Phi) is 3.62. The molecule has 0 radical (unpaired) electrons. The van der Waals surface area contributed by atoms with E-state index < -0.39 is 15.8 Å². The molecule has 1 saturated heterocycles. The maximum atomic E-state index is 12.7. The fourth-order valence-corrected chi connectivity index (χ4v) is 4.34. The van der Waals surface area contributed by atoms with Crippen molar-refractivity contribution in [1.82, 2.24) is 8.87 Å². The molecule has 2 aromatic rings. The van der Waals surface area contributed by atoms with Crippen LogP contribution in [0.15, 0.2) is 32.3 Å². The normalized spacial score (nSPS) is 24.0. The highest BCUT2D eigenvalue weighted by atomic mass is 32.2. The summed E-state index contributed by atoms with van der Waals surface area (Å²) in [5.74, 6) is -0.399. The van der Waals surface area contributed by atoms with Crippen LogP contribution in [0.3, 0.4) is 0 Å². The van der Waals surface area contributed by atoms with Crippen molar-refractivity contribution in [3.05, 3.63) is 28.7 Å². The van der Waals surface area contributed by atoms with Crippen molar-refractivity contribution >= 4 is 21.1 Å². The third-order valence-electron chi connectivity index (χ3n) is 4.34. The topological polar surface area (TPSA) is 98.5 Å². The van der Waals surface area contributed by atoms with Crippen molar-refractivity contribution in [1.29, 1.82) is 0 Å². The third-order valence-corrected chi connectivity index (χ3v) is 6.20. The molecule has 7 nitrogen and oxygen atoms in total. The molecule has 2 atom stereocenters. The Morgan fingerprint density at radius 3 is 2.77 bits per heavy atom. The number of nitrogens with two attached hydrogens (primary N) is 1. The summed E-state index contributed by atoms with van der Waals surface area (Å²) in [5, 5.41) is 0. The molecule has 1 aromatic carbocycles. The Morgan fingerprint density at radius 2 is 2.09 bits per heavy atom. The predicted molar refractivity (Wildman–Crippen MR) is 82.0 cm³/mol. The minimum atomic E-state index is -3.61. The Labute approximate surface area is 128 Å². The molecular formula is C14H19N3O4S. The summed E-state index contributed by atoms with van der Waals surface area (Å²) in [6.45, 7) is 2.76. The SMILES string of the molecule is CC1CN(S(=O)(=O)c2ccc3c(c2)oc(=O)n3C)CCC1N. The van der Waals surface area contributed by atoms with Crippen molar-refractivity contribution in [2.75, 3.05) is 13.1 Å². The number of rotatable bonds is 2. The minimum absolute atomic E-state index is 0.0288. The molecule has 1 aliphatic rings. The third kappa shape index (κ3) is 2.37. The number of aromatic nitrogens is 1. The van der Waals surface area contributed by atoms with Crippen LogP contribution in [0.5, 0.6) is 0 Å². The van der Waals surface area contributed by atoms with Gasteiger partial charge in [-0.1, -0.05) is 6.92 Å². The first-order valence-corrected chi connectivity index (χ1v) is 8.60. The monoisotopic (exact) mass is 325 g/mol. The molecule has 2 unspecified atom stereocenters. The summed E-state index contributed by atoms with van der Waals surface area (Å²) in [6.07, 6.45) is 0.642. The maximum Gasteiger partial charge on any atom is 0.419 e. The zero-order valence-electron chi connectivity index (χ0n) is 12.5. The quantitative estimate of drug-likeness (QED) is 0.866. The van der Waals surface area contributed by atoms with E-state index in [1.165, 1.54) is 21.0 Å². The van der Waals surface area contributed by atoms with Gasteiger partial charge in [0.15, 0.2) is 5.58 Å². The number of aryl methyl sites for hydroxylation is 1. The molecule has 1 aromatic heterocycles. The summed E-state index contributed by atoms with van der Waals surface area (Å²) < 4.78 is 33.3. The van der Waals surface area contributed by atoms with Gasteiger partial charge < -0.3 is 10.2 Å². The lowest BCUT2D eigenvalue weighted by molar-refractivity contribution is 0.250. The fourth-order valence-electron chi connectivity index (χ4n) is 2.77. The van der Waals surface area contributed by atoms with Gasteiger partial charge in [0.25, 0.3) is 0 Å². The van der Waals surface area contributed by atoms with E-state index in [9.17, 15) is 13.2 Å². The molecule has 8 heteroatoms. The second kappa shape index (κ2) is 5.22. The van der Waals surface area contributed by atoms with E-state index in [2.05, 4.69) is 0 Å². The van der Waals surface area contributed by atoms with E-state index in [1.54, 1.807) is 13.1 Å². The van der Waals surface area contributed by atoms with Crippen molar-refractivity contribution < 1.29 is 12.8 Å². The molecule has 3 rings (SSSR count). The molecule has 0 amide bonds. The van der Waals surface area contributed by atoms with Gasteiger partial charge in [-0.05, 0) is 24.5 Å². The highest BCUT2D eigenvalue weighted by Gasteiger charge is 2.32. The highest BCUT2D eigenvalue weighted by molar-refractivity contribution is 7.89. The summed E-state index contributed by atoms with van der Waals surface area (Å²) in [4.78, 5) is 11.6. The molecule has 0 bridgehead atoms. The van der Waals surface area contributed by atoms with Crippen molar-refractivity contribution in [2.24, 2.45) is 18.7 Å². The molecule has 1 fully saturated rings. The molecule has 0 aliphatic carbocycles. The van der Waals surface area contributed by atoms with Crippen LogP contribution in [0.4, 0.5) is 0 Å². The first kappa shape index (κ1) is 15.3. The Bertz CT molecular complexity index is 868. The van der Waals surface area contributed by atoms with E-state index in [0.717, 1.165) is 0 Å². The van der Waals surface area contributed by atoms with Gasteiger partial charge in [0.2, 0.25) is 10.0 Å². The van der Waals surface area contributed by atoms with Gasteiger partial charge in [0.05, 0.1) is 10.4 Å². The molecule has 2 heterocycles. The van der Waals surface area contributed by atoms with Crippen LogP contribution in [0.2, 0.25) is 0 Å². The smallest absolute Gasteiger partial charge is 0.408 e. The van der Waals surface area contributed by atoms with Gasteiger partial charge in [0, 0.05) is 32.2 Å². The molecule has 120 valence electrons. The molecule has 0 spiro atoms. The largest absolute Gasteiger partial charge is 0.419 e. The Balaban J connectivity index is 2.00. The van der Waals surface area contributed by atoms with E-state index in [4.69, 9.17) is 10.2 Å². The summed E-state index contributed by atoms with van der Waals surface area (Å²) in [7, 11) is -2.03. The van der Waals surface area contributed by atoms with Crippen LogP contribution < -0.4 is 11.5 Å². The zero-order valence-corrected chi connectivity index (χ0v) is 13.3. The number of benzene rings is 1. The molecule has 1 aliphatic heterocycles. The number of fused-ring (bicyclic) bond motifs is 1. The lowest BCUT2D eigenvalue weighted by atomic mass is 9.96. The zero-order chi connectivity index (χ0) is 16.1. The standard InChI is InChI=1S/C14H19N3O4S/c1-9-8-17(6-5-11(9)15)22(19,20)10-3-4-12-13(7-10)21-14(18)16(12)2/h3-4,7,9,11H,5-6,8,15H2,1-2H3. The van der Waals surface area contributed by atoms with Gasteiger partial charge >= 0.3 is 5.76 Å². The van der Waals surface area contributed by atoms with E-state index >= 15 is 0 Å². The first-order valence-electron chi connectivity index (χ1n) is 7.16. The van der Waals surface area contributed by atoms with Crippen LogP contribution in [0, 0.1) is 5.92 Å². The first-order chi connectivity index (χ1) is 10.3. The second-order valence-corrected chi connectivity index (χ2v) is 7.79. The van der Waals surface area contributed by atoms with Crippen LogP contribution in [-0.4, -0.2) is 36.4 Å². The van der Waals surface area contributed by atoms with E-state index in [-0.39, 0.29) is 22.4 Å². The van der Waals surface area contributed by atoms with Gasteiger partial charge in [0.1, 0.15) is 0 Å². The molecule has 22 heavy (non-hydrogen) atoms. The maximum absolute atomic E-state index is 12.7. The van der Waals surface area contributed by atoms with Crippen molar-refractivity contribution in [3.63, 3.8) is 0 Å². The van der Waals surface area contributed by atoms with Crippen LogP contribution >= 0.6 is 0 Å². The summed E-state index contributed by atoms with van der Waals surface area (Å²) in [6, 6.07) is 4.53. The fraction of sp³-hybridized carbons (Fsp3) is 0.500. The average Bonchev–Trinajstić information content (AvgIpc) is 2.76. The molecule has 0 saturated carbocycles. The van der Waals surface area contributed by atoms with E-state index in [0.29, 0.717) is 25.0 Å². The summed E-state index contributed by atoms with van der Waals surface area (Å²) in [5.41, 5.74) is 6.78. The molecule has 2 N–H and O–H groups in total. The van der Waals surface area contributed by atoms with Crippen LogP contribution in [-0.2, 0) is 17.1 Å². The number of hydrogen-bond donors (Lipinski definition) is 1. The van der Waals surface area contributed by atoms with Gasteiger partial charge in [-0.15, -0.1) is 0 Å². The Hall–Kier alpha value is -1.64. The van der Waals surface area contributed by atoms with Crippen LogP contribution in [0.1, 0.15) is 13.3 Å². The van der Waals surface area contributed by atoms with E-state index in [1.807, 2.05) is 6.92 Å². The lowest BCUT2D eigenvalue weighted by Crippen LogP contribution is -2.48. The highest BCUT2D eigenvalue weighted by Crippen LogP contribution is 2.25. The Morgan fingerprint density at radius 1 is 1.36 bits per heavy atom. The number of piperidine rings is 1. The number of nitrogens with zero attached hydrogens (tertiary/aromatic N) is 2. The average molecular weight is 325 g/mol. The van der Waals surface area contributed by atoms with Gasteiger partial charge in [-0.3, -0.25) is 4.57 Å². The number of hydrogen-bond acceptors (Lipinski definition) is 5.